The van der Waals surface area contributed by atoms with Crippen molar-refractivity contribution < 1.29 is 14.3 Å². The highest BCUT2D eigenvalue weighted by molar-refractivity contribution is 5.83. The highest BCUT2D eigenvalue weighted by atomic mass is 16.6. The summed E-state index contributed by atoms with van der Waals surface area (Å²) in [5, 5.41) is 10.5. The maximum Gasteiger partial charge on any atom is 0.313 e. The molecule has 2 atom stereocenters. The second kappa shape index (κ2) is 11.5. The van der Waals surface area contributed by atoms with Crippen molar-refractivity contribution in [3.05, 3.63) is 0 Å². The molecule has 1 fully saturated rings. The van der Waals surface area contributed by atoms with Crippen LogP contribution in [0.2, 0.25) is 0 Å². The Morgan fingerprint density at radius 2 is 1.81 bits per heavy atom. The lowest BCUT2D eigenvalue weighted by atomic mass is 9.95. The maximum atomic E-state index is 12.2. The average Bonchev–Trinajstić information content (AvgIpc) is 2.59. The van der Waals surface area contributed by atoms with Crippen molar-refractivity contribution in [3.63, 3.8) is 0 Å². The van der Waals surface area contributed by atoms with Gasteiger partial charge in [-0.05, 0) is 40.5 Å². The Balaban J connectivity index is 2.41. The van der Waals surface area contributed by atoms with E-state index < -0.39 is 11.6 Å². The van der Waals surface area contributed by atoms with Crippen molar-refractivity contribution in [2.45, 2.75) is 92.0 Å². The Kier molecular flexibility index (Phi) is 10.1. The van der Waals surface area contributed by atoms with Crippen LogP contribution in [0.1, 0.15) is 73.6 Å². The van der Waals surface area contributed by atoms with Gasteiger partial charge in [-0.2, -0.15) is 5.10 Å². The summed E-state index contributed by atoms with van der Waals surface area (Å²) < 4.78 is 11.3. The fourth-order valence-corrected chi connectivity index (χ4v) is 2.96. The summed E-state index contributed by atoms with van der Waals surface area (Å²) in [5.41, 5.74) is -0.564. The molecule has 1 saturated carbocycles. The van der Waals surface area contributed by atoms with Crippen LogP contribution in [0.5, 0.6) is 0 Å². The zero-order valence-corrected chi connectivity index (χ0v) is 18.0. The Hall–Kier alpha value is -1.34. The summed E-state index contributed by atoms with van der Waals surface area (Å²) in [4.78, 5) is 12.2. The van der Waals surface area contributed by atoms with Crippen molar-refractivity contribution in [1.82, 2.24) is 10.6 Å². The van der Waals surface area contributed by atoms with Gasteiger partial charge in [0.05, 0.1) is 12.0 Å². The first-order valence-electron chi connectivity index (χ1n) is 10.2. The number of ether oxygens (including phenoxy) is 2. The maximum absolute atomic E-state index is 12.2. The second-order valence-electron chi connectivity index (χ2n) is 8.96. The van der Waals surface area contributed by atoms with E-state index >= 15 is 0 Å². The molecule has 0 bridgehead atoms. The van der Waals surface area contributed by atoms with Crippen LogP contribution in [0, 0.1) is 11.3 Å². The lowest BCUT2D eigenvalue weighted by Crippen LogP contribution is -2.46. The second-order valence-corrected chi connectivity index (χ2v) is 8.96. The minimum atomic E-state index is -0.564. The van der Waals surface area contributed by atoms with Gasteiger partial charge in [0, 0.05) is 18.0 Å². The van der Waals surface area contributed by atoms with Gasteiger partial charge in [-0.3, -0.25) is 4.79 Å². The molecule has 7 heteroatoms. The third kappa shape index (κ3) is 9.42. The van der Waals surface area contributed by atoms with Crippen molar-refractivity contribution >= 4 is 11.8 Å². The van der Waals surface area contributed by atoms with Gasteiger partial charge in [0.1, 0.15) is 6.61 Å². The molecule has 1 aliphatic carbocycles. The summed E-state index contributed by atoms with van der Waals surface area (Å²) in [6.07, 6.45) is 5.96. The molecule has 0 heterocycles. The molecule has 0 saturated heterocycles. The predicted octanol–water partition coefficient (Wildman–Crippen LogP) is 2.75. The highest BCUT2D eigenvalue weighted by Crippen LogP contribution is 2.18. The van der Waals surface area contributed by atoms with E-state index in [0.29, 0.717) is 18.5 Å². The number of rotatable bonds is 9. The number of esters is 1. The van der Waals surface area contributed by atoms with Crippen LogP contribution in [0.25, 0.3) is 0 Å². The normalized spacial score (nSPS) is 19.0. The number of nitrogens with zero attached hydrogens (tertiary/aromatic N) is 1. The number of amidine groups is 1. The monoisotopic (exact) mass is 384 g/mol. The van der Waals surface area contributed by atoms with Crippen molar-refractivity contribution in [3.8, 4) is 0 Å². The number of hydrazone groups is 1. The quantitative estimate of drug-likeness (QED) is 0.141. The van der Waals surface area contributed by atoms with Gasteiger partial charge in [-0.25, -0.2) is 0 Å². The van der Waals surface area contributed by atoms with Gasteiger partial charge in [-0.15, -0.1) is 0 Å². The number of nitrogens with one attached hydrogen (secondary N) is 2. The Morgan fingerprint density at radius 1 is 1.19 bits per heavy atom. The molecule has 0 aromatic heterocycles. The SMILES string of the molecule is CC(C)C(N/C(COC[C@H](C)NC1CCCCC1)=N\N)OC(=O)C(C)(C)C. The molecule has 7 nitrogen and oxygen atoms in total. The summed E-state index contributed by atoms with van der Waals surface area (Å²) in [7, 11) is 0. The summed E-state index contributed by atoms with van der Waals surface area (Å²) >= 11 is 0. The summed E-state index contributed by atoms with van der Waals surface area (Å²) in [6, 6.07) is 0.868. The molecule has 0 radical (unpaired) electrons. The molecular formula is C20H40N4O3. The van der Waals surface area contributed by atoms with Crippen LogP contribution in [0.4, 0.5) is 0 Å². The average molecular weight is 385 g/mol. The fourth-order valence-electron chi connectivity index (χ4n) is 2.96. The Bertz CT molecular complexity index is 468. The number of carbonyl (C=O) groups excluding carboxylic acids is 1. The minimum Gasteiger partial charge on any atom is -0.441 e. The number of hydrogen-bond acceptors (Lipinski definition) is 6. The lowest BCUT2D eigenvalue weighted by molar-refractivity contribution is -0.161. The van der Waals surface area contributed by atoms with E-state index in [1.165, 1.54) is 32.1 Å². The smallest absolute Gasteiger partial charge is 0.313 e. The first kappa shape index (κ1) is 23.7. The van der Waals surface area contributed by atoms with Crippen molar-refractivity contribution in [2.75, 3.05) is 13.2 Å². The van der Waals surface area contributed by atoms with Gasteiger partial charge in [0.25, 0.3) is 0 Å². The molecule has 0 spiro atoms. The molecule has 1 aliphatic rings. The molecule has 4 N–H and O–H groups in total. The standard InChI is InChI=1S/C20H40N4O3/c1-14(2)18(27-19(25)20(4,5)6)23-17(24-21)13-26-12-15(3)22-16-10-8-7-9-11-16/h14-16,18,22H,7-13,21H2,1-6H3,(H,23,24)/t15-,18?/m0/s1. The molecule has 27 heavy (non-hydrogen) atoms. The molecule has 0 aromatic rings. The minimum absolute atomic E-state index is 0.0694. The molecule has 0 aliphatic heterocycles. The van der Waals surface area contributed by atoms with Crippen LogP contribution >= 0.6 is 0 Å². The topological polar surface area (TPSA) is 98.0 Å². The molecule has 0 amide bonds. The predicted molar refractivity (Wildman–Crippen MR) is 109 cm³/mol. The Labute approximate surface area is 164 Å². The summed E-state index contributed by atoms with van der Waals surface area (Å²) in [5.74, 6) is 5.77. The third-order valence-corrected chi connectivity index (χ3v) is 4.65. The van der Waals surface area contributed by atoms with E-state index in [2.05, 4.69) is 22.7 Å². The Morgan fingerprint density at radius 3 is 2.33 bits per heavy atom. The van der Waals surface area contributed by atoms with E-state index in [4.69, 9.17) is 15.3 Å². The third-order valence-electron chi connectivity index (χ3n) is 4.65. The molecular weight excluding hydrogens is 344 g/mol. The van der Waals surface area contributed by atoms with Crippen LogP contribution < -0.4 is 16.5 Å². The first-order valence-corrected chi connectivity index (χ1v) is 10.2. The van der Waals surface area contributed by atoms with Gasteiger partial charge in [0.2, 0.25) is 0 Å². The largest absolute Gasteiger partial charge is 0.441 e. The number of nitrogens with two attached hydrogens (primary N) is 1. The zero-order chi connectivity index (χ0) is 20.4. The van der Waals surface area contributed by atoms with E-state index in [-0.39, 0.29) is 24.5 Å². The molecule has 158 valence electrons. The van der Waals surface area contributed by atoms with Gasteiger partial charge in [-0.1, -0.05) is 33.1 Å². The van der Waals surface area contributed by atoms with Crippen molar-refractivity contribution in [2.24, 2.45) is 22.3 Å². The lowest BCUT2D eigenvalue weighted by Gasteiger charge is -2.28. The van der Waals surface area contributed by atoms with Gasteiger partial charge >= 0.3 is 5.97 Å². The molecule has 1 rings (SSSR count). The van der Waals surface area contributed by atoms with E-state index in [0.717, 1.165) is 0 Å². The molecule has 0 aromatic carbocycles. The highest BCUT2D eigenvalue weighted by Gasteiger charge is 2.28. The number of carbonyl (C=O) groups is 1. The van der Waals surface area contributed by atoms with Crippen LogP contribution in [0.15, 0.2) is 5.10 Å². The molecule has 1 unspecified atom stereocenters. The van der Waals surface area contributed by atoms with E-state index in [1.54, 1.807) is 0 Å². The van der Waals surface area contributed by atoms with E-state index in [1.807, 2.05) is 34.6 Å². The first-order chi connectivity index (χ1) is 12.6. The number of hydrogen-bond donors (Lipinski definition) is 3. The van der Waals surface area contributed by atoms with Crippen LogP contribution in [-0.4, -0.2) is 43.3 Å². The van der Waals surface area contributed by atoms with Gasteiger partial charge < -0.3 is 25.9 Å². The van der Waals surface area contributed by atoms with Crippen LogP contribution in [-0.2, 0) is 14.3 Å². The summed E-state index contributed by atoms with van der Waals surface area (Å²) in [6.45, 7) is 12.4. The fraction of sp³-hybridized carbons (Fsp3) is 0.900. The van der Waals surface area contributed by atoms with E-state index in [9.17, 15) is 4.79 Å². The zero-order valence-electron chi connectivity index (χ0n) is 18.0. The van der Waals surface area contributed by atoms with Gasteiger partial charge in [0.15, 0.2) is 12.1 Å². The van der Waals surface area contributed by atoms with Crippen LogP contribution in [0.3, 0.4) is 0 Å². The van der Waals surface area contributed by atoms with Crippen molar-refractivity contribution in [1.29, 1.82) is 0 Å².